The molecular weight excluding hydrogens is 301 g/mol. The van der Waals surface area contributed by atoms with Crippen LogP contribution in [0.5, 0.6) is 5.75 Å². The van der Waals surface area contributed by atoms with E-state index >= 15 is 0 Å². The Bertz CT molecular complexity index is 484. The Balaban J connectivity index is 2.17. The van der Waals surface area contributed by atoms with Gasteiger partial charge < -0.3 is 14.9 Å². The van der Waals surface area contributed by atoms with Crippen LogP contribution in [-0.4, -0.2) is 47.5 Å². The van der Waals surface area contributed by atoms with Crippen molar-refractivity contribution < 1.29 is 14.9 Å². The van der Waals surface area contributed by atoms with Crippen LogP contribution in [0.1, 0.15) is 18.4 Å². The highest BCUT2D eigenvalue weighted by Crippen LogP contribution is 2.34. The molecule has 1 saturated heterocycles. The second-order valence-corrected chi connectivity index (χ2v) is 6.12. The maximum Gasteiger partial charge on any atom is 0.142 e. The number of aliphatic hydroxyl groups excluding tert-OH is 1. The monoisotopic (exact) mass is 319 g/mol. The number of likely N-dealkylation sites (tertiary alicyclic amines) is 1. The van der Waals surface area contributed by atoms with Crippen LogP contribution >= 0.6 is 23.2 Å². The maximum absolute atomic E-state index is 10.2. The number of benzene rings is 1. The molecule has 1 aliphatic rings. The van der Waals surface area contributed by atoms with Gasteiger partial charge in [-0.3, -0.25) is 4.90 Å². The summed E-state index contributed by atoms with van der Waals surface area (Å²) in [5.41, 5.74) is -0.138. The number of hydrogen-bond donors (Lipinski definition) is 2. The predicted molar refractivity (Wildman–Crippen MR) is 79.6 cm³/mol. The van der Waals surface area contributed by atoms with Crippen molar-refractivity contribution >= 4 is 23.2 Å². The summed E-state index contributed by atoms with van der Waals surface area (Å²) in [4.78, 5) is 2.07. The smallest absolute Gasteiger partial charge is 0.142 e. The van der Waals surface area contributed by atoms with Crippen LogP contribution < -0.4 is 4.74 Å². The number of methoxy groups -OCH3 is 1. The molecule has 1 heterocycles. The first-order valence-electron chi connectivity index (χ1n) is 6.55. The van der Waals surface area contributed by atoms with Crippen LogP contribution in [0.3, 0.4) is 0 Å². The van der Waals surface area contributed by atoms with E-state index in [1.165, 1.54) is 0 Å². The maximum atomic E-state index is 10.2. The Morgan fingerprint density at radius 3 is 2.80 bits per heavy atom. The predicted octanol–water partition coefficient (Wildman–Crippen LogP) is 2.32. The second-order valence-electron chi connectivity index (χ2n) is 5.28. The third kappa shape index (κ3) is 3.57. The Kier molecular flexibility index (Phi) is 5.15. The summed E-state index contributed by atoms with van der Waals surface area (Å²) < 4.78 is 5.32. The fourth-order valence-corrected chi connectivity index (χ4v) is 3.28. The molecule has 1 fully saturated rings. The summed E-state index contributed by atoms with van der Waals surface area (Å²) in [6.07, 6.45) is 1.46. The Labute approximate surface area is 128 Å². The molecule has 4 nitrogen and oxygen atoms in total. The number of halogens is 2. The number of rotatable bonds is 4. The molecule has 1 unspecified atom stereocenters. The lowest BCUT2D eigenvalue weighted by Crippen LogP contribution is -2.50. The molecule has 1 atom stereocenters. The zero-order valence-corrected chi connectivity index (χ0v) is 12.9. The largest absolute Gasteiger partial charge is 0.495 e. The van der Waals surface area contributed by atoms with Crippen LogP contribution in [0, 0.1) is 0 Å². The first-order valence-corrected chi connectivity index (χ1v) is 7.30. The molecule has 0 aromatic heterocycles. The van der Waals surface area contributed by atoms with Gasteiger partial charge >= 0.3 is 0 Å². The number of β-amino-alcohol motifs (C(OH)–C–C–N with tert-alkyl or cyclic N) is 1. The molecule has 1 aromatic rings. The number of hydrogen-bond acceptors (Lipinski definition) is 4. The summed E-state index contributed by atoms with van der Waals surface area (Å²) in [5.74, 6) is 0.606. The minimum absolute atomic E-state index is 0.225. The zero-order valence-electron chi connectivity index (χ0n) is 11.4. The molecule has 0 aliphatic carbocycles. The van der Waals surface area contributed by atoms with E-state index in [0.29, 0.717) is 35.3 Å². The average Bonchev–Trinajstić information content (AvgIpc) is 2.38. The minimum Gasteiger partial charge on any atom is -0.495 e. The van der Waals surface area contributed by atoms with Gasteiger partial charge in [-0.2, -0.15) is 0 Å². The van der Waals surface area contributed by atoms with E-state index in [4.69, 9.17) is 27.9 Å². The highest BCUT2D eigenvalue weighted by Gasteiger charge is 2.32. The number of nitrogens with zero attached hydrogens (tertiary/aromatic N) is 1. The van der Waals surface area contributed by atoms with E-state index < -0.39 is 5.60 Å². The first kappa shape index (κ1) is 15.9. The molecule has 6 heteroatoms. The van der Waals surface area contributed by atoms with Crippen LogP contribution in [0.2, 0.25) is 10.0 Å². The zero-order chi connectivity index (χ0) is 14.8. The Morgan fingerprint density at radius 1 is 1.40 bits per heavy atom. The summed E-state index contributed by atoms with van der Waals surface area (Å²) >= 11 is 12.2. The van der Waals surface area contributed by atoms with Gasteiger partial charge in [-0.25, -0.2) is 0 Å². The molecule has 0 amide bonds. The fraction of sp³-hybridized carbons (Fsp3) is 0.571. The highest BCUT2D eigenvalue weighted by atomic mass is 35.5. The molecule has 0 radical (unpaired) electrons. The second kappa shape index (κ2) is 6.50. The molecule has 0 spiro atoms. The van der Waals surface area contributed by atoms with Crippen LogP contribution in [0.4, 0.5) is 0 Å². The molecule has 20 heavy (non-hydrogen) atoms. The molecule has 1 aliphatic heterocycles. The number of piperidine rings is 1. The third-order valence-electron chi connectivity index (χ3n) is 3.61. The quantitative estimate of drug-likeness (QED) is 0.894. The van der Waals surface area contributed by atoms with Crippen molar-refractivity contribution in [2.75, 3.05) is 26.8 Å². The Morgan fingerprint density at radius 2 is 2.15 bits per heavy atom. The summed E-state index contributed by atoms with van der Waals surface area (Å²) in [6.45, 7) is 1.63. The van der Waals surface area contributed by atoms with Gasteiger partial charge in [-0.05, 0) is 31.5 Å². The van der Waals surface area contributed by atoms with Gasteiger partial charge in [0.1, 0.15) is 11.4 Å². The SMILES string of the molecule is COc1c(Cl)cc(Cl)cc1CN1CCCC(O)(CO)C1. The summed E-state index contributed by atoms with van der Waals surface area (Å²) in [7, 11) is 1.57. The lowest BCUT2D eigenvalue weighted by atomic mass is 9.93. The van der Waals surface area contributed by atoms with Crippen molar-refractivity contribution in [3.8, 4) is 5.75 Å². The molecule has 2 rings (SSSR count). The van der Waals surface area contributed by atoms with Gasteiger partial charge in [0, 0.05) is 23.7 Å². The summed E-state index contributed by atoms with van der Waals surface area (Å²) in [6, 6.07) is 3.46. The van der Waals surface area contributed by atoms with Crippen molar-refractivity contribution in [1.29, 1.82) is 0 Å². The standard InChI is InChI=1S/C14H19Cl2NO3/c1-20-13-10(5-11(15)6-12(13)16)7-17-4-2-3-14(19,8-17)9-18/h5-6,18-19H,2-4,7-9H2,1H3. The van der Waals surface area contributed by atoms with Crippen LogP contribution in [0.25, 0.3) is 0 Å². The molecule has 112 valence electrons. The van der Waals surface area contributed by atoms with Gasteiger partial charge in [-0.15, -0.1) is 0 Å². The van der Waals surface area contributed by atoms with E-state index in [2.05, 4.69) is 4.90 Å². The van der Waals surface area contributed by atoms with Crippen LogP contribution in [-0.2, 0) is 6.54 Å². The van der Waals surface area contributed by atoms with E-state index in [1.54, 1.807) is 13.2 Å². The van der Waals surface area contributed by atoms with Crippen molar-refractivity contribution in [2.24, 2.45) is 0 Å². The lowest BCUT2D eigenvalue weighted by molar-refractivity contribution is -0.0688. The van der Waals surface area contributed by atoms with E-state index in [-0.39, 0.29) is 6.61 Å². The van der Waals surface area contributed by atoms with Crippen LogP contribution in [0.15, 0.2) is 12.1 Å². The van der Waals surface area contributed by atoms with E-state index in [1.807, 2.05) is 6.07 Å². The molecule has 2 N–H and O–H groups in total. The minimum atomic E-state index is -1.02. The molecule has 0 saturated carbocycles. The molecular formula is C14H19Cl2NO3. The van der Waals surface area contributed by atoms with Crippen molar-refractivity contribution in [3.63, 3.8) is 0 Å². The normalized spacial score (nSPS) is 23.9. The van der Waals surface area contributed by atoms with E-state index in [0.717, 1.165) is 18.5 Å². The van der Waals surface area contributed by atoms with E-state index in [9.17, 15) is 10.2 Å². The Hall–Kier alpha value is -0.520. The van der Waals surface area contributed by atoms with Crippen molar-refractivity contribution in [3.05, 3.63) is 27.7 Å². The topological polar surface area (TPSA) is 52.9 Å². The van der Waals surface area contributed by atoms with Crippen molar-refractivity contribution in [1.82, 2.24) is 4.90 Å². The summed E-state index contributed by atoms with van der Waals surface area (Å²) in [5, 5.41) is 20.5. The van der Waals surface area contributed by atoms with Gasteiger partial charge in [0.25, 0.3) is 0 Å². The number of ether oxygens (including phenoxy) is 1. The lowest BCUT2D eigenvalue weighted by Gasteiger charge is -2.38. The van der Waals surface area contributed by atoms with Crippen molar-refractivity contribution in [2.45, 2.75) is 25.0 Å². The third-order valence-corrected chi connectivity index (χ3v) is 4.11. The first-order chi connectivity index (χ1) is 9.47. The van der Waals surface area contributed by atoms with Gasteiger partial charge in [-0.1, -0.05) is 23.2 Å². The number of aliphatic hydroxyl groups is 2. The van der Waals surface area contributed by atoms with Gasteiger partial charge in [0.05, 0.1) is 18.7 Å². The molecule has 1 aromatic carbocycles. The van der Waals surface area contributed by atoms with Gasteiger partial charge in [0.15, 0.2) is 0 Å². The fourth-order valence-electron chi connectivity index (χ4n) is 2.67. The van der Waals surface area contributed by atoms with Gasteiger partial charge in [0.2, 0.25) is 0 Å². The molecule has 0 bridgehead atoms. The average molecular weight is 320 g/mol. The highest BCUT2D eigenvalue weighted by molar-refractivity contribution is 6.35.